The third-order valence-electron chi connectivity index (χ3n) is 4.04. The third kappa shape index (κ3) is 3.21. The molecule has 0 bridgehead atoms. The van der Waals surface area contributed by atoms with Crippen LogP contribution in [0, 0.1) is 0 Å². The first-order valence-electron chi connectivity index (χ1n) is 7.58. The number of amides is 2. The van der Waals surface area contributed by atoms with E-state index < -0.39 is 15.9 Å². The molecule has 0 aromatic heterocycles. The SMILES string of the molecule is NC(=O)NCC1CCOc2cc(S(=O)(=O)c3ccccc3)ccc21. The second kappa shape index (κ2) is 6.52. The topological polar surface area (TPSA) is 98.5 Å². The summed E-state index contributed by atoms with van der Waals surface area (Å²) >= 11 is 0. The predicted molar refractivity (Wildman–Crippen MR) is 88.8 cm³/mol. The molecule has 2 aromatic rings. The number of hydrogen-bond donors (Lipinski definition) is 2. The number of rotatable bonds is 4. The Morgan fingerprint density at radius 2 is 1.92 bits per heavy atom. The van der Waals surface area contributed by atoms with Gasteiger partial charge in [0.1, 0.15) is 5.75 Å². The van der Waals surface area contributed by atoms with E-state index in [1.807, 2.05) is 0 Å². The van der Waals surface area contributed by atoms with E-state index in [2.05, 4.69) is 5.32 Å². The van der Waals surface area contributed by atoms with Gasteiger partial charge in [-0.2, -0.15) is 0 Å². The molecule has 0 spiro atoms. The Hall–Kier alpha value is -2.54. The zero-order valence-electron chi connectivity index (χ0n) is 12.9. The molecule has 0 saturated carbocycles. The van der Waals surface area contributed by atoms with Gasteiger partial charge in [0.2, 0.25) is 9.84 Å². The van der Waals surface area contributed by atoms with Gasteiger partial charge in [0.05, 0.1) is 16.4 Å². The van der Waals surface area contributed by atoms with Crippen molar-refractivity contribution in [3.63, 3.8) is 0 Å². The van der Waals surface area contributed by atoms with Crippen LogP contribution in [0.2, 0.25) is 0 Å². The fraction of sp³-hybridized carbons (Fsp3) is 0.235. The standard InChI is InChI=1S/C17H18N2O4S/c18-17(20)19-11-12-8-9-23-16-10-14(6-7-15(12)16)24(21,22)13-4-2-1-3-5-13/h1-7,10,12H,8-9,11H2,(H3,18,19,20). The first kappa shape index (κ1) is 16.3. The van der Waals surface area contributed by atoms with Gasteiger partial charge in [-0.1, -0.05) is 24.3 Å². The van der Waals surface area contributed by atoms with Crippen molar-refractivity contribution in [1.82, 2.24) is 5.32 Å². The number of hydrogen-bond acceptors (Lipinski definition) is 4. The molecular formula is C17H18N2O4S. The number of nitrogens with two attached hydrogens (primary N) is 1. The van der Waals surface area contributed by atoms with E-state index >= 15 is 0 Å². The van der Waals surface area contributed by atoms with Gasteiger partial charge in [-0.15, -0.1) is 0 Å². The number of carbonyl (C=O) groups excluding carboxylic acids is 1. The second-order valence-corrected chi connectivity index (χ2v) is 7.55. The lowest BCUT2D eigenvalue weighted by atomic mass is 9.93. The fourth-order valence-electron chi connectivity index (χ4n) is 2.78. The van der Waals surface area contributed by atoms with Crippen molar-refractivity contribution in [2.24, 2.45) is 5.73 Å². The molecule has 6 nitrogen and oxygen atoms in total. The third-order valence-corrected chi connectivity index (χ3v) is 5.80. The average molecular weight is 346 g/mol. The Kier molecular flexibility index (Phi) is 4.44. The lowest BCUT2D eigenvalue weighted by Gasteiger charge is -2.26. The first-order chi connectivity index (χ1) is 11.5. The molecule has 1 unspecified atom stereocenters. The average Bonchev–Trinajstić information content (AvgIpc) is 2.60. The summed E-state index contributed by atoms with van der Waals surface area (Å²) in [4.78, 5) is 11.3. The van der Waals surface area contributed by atoms with E-state index in [0.29, 0.717) is 18.9 Å². The molecule has 1 atom stereocenters. The molecule has 1 aliphatic heterocycles. The Morgan fingerprint density at radius 1 is 1.17 bits per heavy atom. The Morgan fingerprint density at radius 3 is 2.62 bits per heavy atom. The van der Waals surface area contributed by atoms with Crippen LogP contribution in [0.4, 0.5) is 4.79 Å². The van der Waals surface area contributed by atoms with Gasteiger partial charge in [-0.3, -0.25) is 0 Å². The summed E-state index contributed by atoms with van der Waals surface area (Å²) in [5.41, 5.74) is 5.99. The summed E-state index contributed by atoms with van der Waals surface area (Å²) in [6, 6.07) is 12.6. The molecule has 0 radical (unpaired) electrons. The highest BCUT2D eigenvalue weighted by molar-refractivity contribution is 7.91. The molecule has 3 N–H and O–H groups in total. The van der Waals surface area contributed by atoms with Gasteiger partial charge >= 0.3 is 6.03 Å². The van der Waals surface area contributed by atoms with E-state index in [1.54, 1.807) is 48.5 Å². The van der Waals surface area contributed by atoms with E-state index in [-0.39, 0.29) is 15.7 Å². The highest BCUT2D eigenvalue weighted by atomic mass is 32.2. The van der Waals surface area contributed by atoms with Crippen LogP contribution in [0.5, 0.6) is 5.75 Å². The molecule has 0 saturated heterocycles. The largest absolute Gasteiger partial charge is 0.493 e. The molecule has 24 heavy (non-hydrogen) atoms. The Balaban J connectivity index is 1.93. The van der Waals surface area contributed by atoms with Gasteiger partial charge in [0.15, 0.2) is 0 Å². The predicted octanol–water partition coefficient (Wildman–Crippen LogP) is 2.05. The van der Waals surface area contributed by atoms with Crippen LogP contribution in [-0.2, 0) is 9.84 Å². The zero-order chi connectivity index (χ0) is 17.2. The minimum Gasteiger partial charge on any atom is -0.493 e. The summed E-state index contributed by atoms with van der Waals surface area (Å²) in [5.74, 6) is 0.587. The molecule has 1 aliphatic rings. The van der Waals surface area contributed by atoms with Crippen molar-refractivity contribution in [3.05, 3.63) is 54.1 Å². The van der Waals surface area contributed by atoms with Gasteiger partial charge < -0.3 is 15.8 Å². The second-order valence-electron chi connectivity index (χ2n) is 5.60. The van der Waals surface area contributed by atoms with Gasteiger partial charge in [0.25, 0.3) is 0 Å². The summed E-state index contributed by atoms with van der Waals surface area (Å²) in [6.45, 7) is 0.865. The highest BCUT2D eigenvalue weighted by Gasteiger charge is 2.25. The van der Waals surface area contributed by atoms with E-state index in [0.717, 1.165) is 12.0 Å². The van der Waals surface area contributed by atoms with Crippen molar-refractivity contribution in [1.29, 1.82) is 0 Å². The normalized spacial score (nSPS) is 16.8. The van der Waals surface area contributed by atoms with Crippen LogP contribution in [0.15, 0.2) is 58.3 Å². The fourth-order valence-corrected chi connectivity index (χ4v) is 4.08. The summed E-state index contributed by atoms with van der Waals surface area (Å²) in [7, 11) is -3.59. The summed E-state index contributed by atoms with van der Waals surface area (Å²) in [6.07, 6.45) is 0.734. The van der Waals surface area contributed by atoms with Gasteiger partial charge in [-0.25, -0.2) is 13.2 Å². The number of nitrogens with one attached hydrogen (secondary N) is 1. The first-order valence-corrected chi connectivity index (χ1v) is 9.07. The molecule has 2 amide bonds. The monoisotopic (exact) mass is 346 g/mol. The molecule has 1 heterocycles. The van der Waals surface area contributed by atoms with Crippen molar-refractivity contribution < 1.29 is 17.9 Å². The molecule has 7 heteroatoms. The quantitative estimate of drug-likeness (QED) is 0.885. The number of ether oxygens (including phenoxy) is 1. The van der Waals surface area contributed by atoms with Crippen molar-refractivity contribution in [3.8, 4) is 5.75 Å². The van der Waals surface area contributed by atoms with Gasteiger partial charge in [-0.05, 0) is 36.2 Å². The molecule has 126 valence electrons. The van der Waals surface area contributed by atoms with Crippen LogP contribution in [0.1, 0.15) is 17.9 Å². The van der Waals surface area contributed by atoms with Crippen LogP contribution < -0.4 is 15.8 Å². The lowest BCUT2D eigenvalue weighted by molar-refractivity contribution is 0.242. The van der Waals surface area contributed by atoms with Crippen LogP contribution >= 0.6 is 0 Å². The van der Waals surface area contributed by atoms with E-state index in [9.17, 15) is 13.2 Å². The highest BCUT2D eigenvalue weighted by Crippen LogP contribution is 2.36. The maximum Gasteiger partial charge on any atom is 0.312 e. The molecule has 2 aromatic carbocycles. The van der Waals surface area contributed by atoms with Crippen molar-refractivity contribution >= 4 is 15.9 Å². The van der Waals surface area contributed by atoms with Crippen LogP contribution in [0.3, 0.4) is 0 Å². The maximum absolute atomic E-state index is 12.7. The maximum atomic E-state index is 12.7. The number of sulfone groups is 1. The number of benzene rings is 2. The minimum absolute atomic E-state index is 0.0507. The van der Waals surface area contributed by atoms with E-state index in [4.69, 9.17) is 10.5 Å². The van der Waals surface area contributed by atoms with Gasteiger partial charge in [0, 0.05) is 12.5 Å². The molecular weight excluding hydrogens is 328 g/mol. The number of primary amides is 1. The van der Waals surface area contributed by atoms with E-state index in [1.165, 1.54) is 0 Å². The molecule has 0 aliphatic carbocycles. The van der Waals surface area contributed by atoms with Crippen LogP contribution in [-0.4, -0.2) is 27.6 Å². The number of carbonyl (C=O) groups is 1. The summed E-state index contributed by atoms with van der Waals surface area (Å²) in [5, 5.41) is 2.59. The van der Waals surface area contributed by atoms with Crippen molar-refractivity contribution in [2.75, 3.05) is 13.2 Å². The molecule has 3 rings (SSSR count). The lowest BCUT2D eigenvalue weighted by Crippen LogP contribution is -2.34. The zero-order valence-corrected chi connectivity index (χ0v) is 13.8. The minimum atomic E-state index is -3.59. The van der Waals surface area contributed by atoms with Crippen molar-refractivity contribution in [2.45, 2.75) is 22.1 Å². The summed E-state index contributed by atoms with van der Waals surface area (Å²) < 4.78 is 31.0. The Bertz CT molecular complexity index is 850. The Labute approximate surface area is 140 Å². The number of urea groups is 1. The smallest absolute Gasteiger partial charge is 0.312 e. The molecule has 0 fully saturated rings. The number of fused-ring (bicyclic) bond motifs is 1. The van der Waals surface area contributed by atoms with Crippen LogP contribution in [0.25, 0.3) is 0 Å².